The largest absolute Gasteiger partial charge is 0.496 e. The van der Waals surface area contributed by atoms with E-state index < -0.39 is 41.9 Å². The van der Waals surface area contributed by atoms with Gasteiger partial charge in [-0.2, -0.15) is 0 Å². The highest BCUT2D eigenvalue weighted by atomic mass is 79.9. The number of ether oxygens (including phenoxy) is 1. The minimum Gasteiger partial charge on any atom is -0.496 e. The summed E-state index contributed by atoms with van der Waals surface area (Å²) in [6.45, 7) is 7.56. The molecule has 15 heteroatoms. The molecular weight excluding hydrogens is 1000 g/mol. The minimum absolute atomic E-state index is 0.00350. The number of hydrogen-bond donors (Lipinski definition) is 3. The Morgan fingerprint density at radius 2 is 1.39 bits per heavy atom. The van der Waals surface area contributed by atoms with Crippen molar-refractivity contribution in [3.05, 3.63) is 100 Å². The summed E-state index contributed by atoms with van der Waals surface area (Å²) >= 11 is 3.57. The predicted octanol–water partition coefficient (Wildman–Crippen LogP) is 9.69. The van der Waals surface area contributed by atoms with Crippen molar-refractivity contribution >= 4 is 79.3 Å². The number of anilines is 2. The Hall–Kier alpha value is -6.09. The van der Waals surface area contributed by atoms with E-state index in [4.69, 9.17) is 4.74 Å². The lowest BCUT2D eigenvalue weighted by Gasteiger charge is -2.35. The van der Waals surface area contributed by atoms with E-state index in [1.54, 1.807) is 72.4 Å². The molecule has 6 amide bonds. The maximum atomic E-state index is 14.9. The number of benzene rings is 4. The van der Waals surface area contributed by atoms with Gasteiger partial charge in [-0.3, -0.25) is 33.6 Å². The summed E-state index contributed by atoms with van der Waals surface area (Å²) in [6, 6.07) is 20.1. The van der Waals surface area contributed by atoms with Crippen molar-refractivity contribution < 1.29 is 38.3 Å². The van der Waals surface area contributed by atoms with Gasteiger partial charge in [-0.05, 0) is 109 Å². The van der Waals surface area contributed by atoms with E-state index in [0.717, 1.165) is 85.0 Å². The molecule has 14 nitrogen and oxygen atoms in total. The van der Waals surface area contributed by atoms with Crippen LogP contribution in [-0.4, -0.2) is 90.5 Å². The van der Waals surface area contributed by atoms with Crippen molar-refractivity contribution in [3.8, 4) is 5.75 Å². The highest BCUT2D eigenvalue weighted by molar-refractivity contribution is 9.10. The molecular formula is C59H73BrN6O8. The molecule has 0 spiro atoms. The van der Waals surface area contributed by atoms with Gasteiger partial charge in [-0.15, -0.1) is 0 Å². The Kier molecular flexibility index (Phi) is 17.9. The summed E-state index contributed by atoms with van der Waals surface area (Å²) in [7, 11) is 1.58. The third-order valence-corrected chi connectivity index (χ3v) is 16.7. The Bertz CT molecular complexity index is 2720. The lowest BCUT2D eigenvalue weighted by molar-refractivity contribution is -0.143. The number of hydrogen-bond acceptors (Lipinski definition) is 8. The highest BCUT2D eigenvalue weighted by Crippen LogP contribution is 2.39. The average molecular weight is 1070 g/mol. The third kappa shape index (κ3) is 12.2. The normalized spacial score (nSPS) is 20.8. The van der Waals surface area contributed by atoms with Gasteiger partial charge in [0.05, 0.1) is 37.6 Å². The van der Waals surface area contributed by atoms with Crippen molar-refractivity contribution in [1.29, 1.82) is 0 Å². The van der Waals surface area contributed by atoms with Crippen LogP contribution in [-0.2, 0) is 30.5 Å². The Balaban J connectivity index is 1.04. The van der Waals surface area contributed by atoms with Crippen LogP contribution in [0.2, 0.25) is 0 Å². The van der Waals surface area contributed by atoms with Crippen LogP contribution in [0.5, 0.6) is 5.75 Å². The van der Waals surface area contributed by atoms with E-state index in [1.807, 2.05) is 51.1 Å². The first-order chi connectivity index (χ1) is 35.7. The molecule has 4 aliphatic rings. The van der Waals surface area contributed by atoms with Gasteiger partial charge in [-0.25, -0.2) is 0 Å². The number of nitrogens with zero attached hydrogens (tertiary/aromatic N) is 3. The zero-order valence-corrected chi connectivity index (χ0v) is 45.2. The number of carbonyl (C=O) groups is 7. The zero-order valence-electron chi connectivity index (χ0n) is 43.6. The van der Waals surface area contributed by atoms with Crippen LogP contribution < -0.4 is 30.5 Å². The molecule has 0 bridgehead atoms. The summed E-state index contributed by atoms with van der Waals surface area (Å²) in [5.74, 6) is -1.80. The SMILES string of the molecule is CC[C@@H](C)C(=O)N[C@H]1CN(C(=O)c2ccc(C(=O)N[C@H]3C[C@@H](C(=O)CC4CCCCC4)N(C(=O)[C@@H](NC(=O)[C@H](C)CC)C4CCCCC4)C3)cc2)c2ccccc2N(Cc2c(OC)ccc3cc(Br)ccc23)C1=O. The molecule has 3 N–H and O–H groups in total. The molecule has 74 heavy (non-hydrogen) atoms. The standard InChI is InChI=1S/C59H73BrN6O8/c1-6-36(3)54(68)62-47-35-66(49-21-15-14-20-48(49)65(58(47)72)34-46-45-28-27-43(60)31-42(45)26-29-52(46)74-5)57(71)41-24-22-40(23-25-41)56(70)61-44-32-50(51(67)30-38-16-10-8-11-17-38)64(33-44)59(73)53(39-18-12-9-13-19-39)63-55(69)37(4)7-2/h14-15,20-29,31,36-39,44,47,50,53H,6-13,16-19,30,32-35H2,1-5H3,(H,61,70)(H,62,68)(H,63,69)/t36-,37-,44+,47+,50+,53+/m1/s1. The van der Waals surface area contributed by atoms with Gasteiger partial charge in [0.15, 0.2) is 5.78 Å². The molecule has 2 heterocycles. The van der Waals surface area contributed by atoms with Crippen LogP contribution >= 0.6 is 15.9 Å². The number of para-hydroxylation sites is 2. The van der Waals surface area contributed by atoms with Gasteiger partial charge < -0.3 is 35.4 Å². The zero-order chi connectivity index (χ0) is 52.6. The molecule has 394 valence electrons. The number of Topliss-reactive ketones (excluding diaryl/α,β-unsaturated/α-hetero) is 1. The number of nitrogens with one attached hydrogen (secondary N) is 3. The van der Waals surface area contributed by atoms with Gasteiger partial charge in [0, 0.05) is 52.0 Å². The summed E-state index contributed by atoms with van der Waals surface area (Å²) < 4.78 is 6.75. The number of fused-ring (bicyclic) bond motifs is 2. The number of likely N-dealkylation sites (tertiary alicyclic amines) is 1. The third-order valence-electron chi connectivity index (χ3n) is 16.2. The number of rotatable bonds is 17. The van der Waals surface area contributed by atoms with Crippen LogP contribution in [0.3, 0.4) is 0 Å². The second-order valence-electron chi connectivity index (χ2n) is 21.2. The first kappa shape index (κ1) is 54.2. The number of carbonyl (C=O) groups excluding carboxylic acids is 7. The maximum Gasteiger partial charge on any atom is 0.258 e. The van der Waals surface area contributed by atoms with Gasteiger partial charge in [0.1, 0.15) is 17.8 Å². The number of halogens is 1. The molecule has 2 aliphatic carbocycles. The van der Waals surface area contributed by atoms with Crippen LogP contribution in [0.15, 0.2) is 83.3 Å². The van der Waals surface area contributed by atoms with Crippen LogP contribution in [0, 0.1) is 23.7 Å². The summed E-state index contributed by atoms with van der Waals surface area (Å²) in [4.78, 5) is 105. The lowest BCUT2D eigenvalue weighted by Crippen LogP contribution is -2.56. The van der Waals surface area contributed by atoms with E-state index in [2.05, 4.69) is 31.9 Å². The van der Waals surface area contributed by atoms with E-state index in [-0.39, 0.29) is 84.4 Å². The predicted molar refractivity (Wildman–Crippen MR) is 291 cm³/mol. The number of amides is 6. The molecule has 0 unspecified atom stereocenters. The molecule has 4 aromatic rings. The maximum absolute atomic E-state index is 14.9. The van der Waals surface area contributed by atoms with Gasteiger partial charge >= 0.3 is 0 Å². The molecule has 1 saturated heterocycles. The van der Waals surface area contributed by atoms with Gasteiger partial charge in [0.25, 0.3) is 17.7 Å². The Morgan fingerprint density at radius 1 is 0.743 bits per heavy atom. The summed E-state index contributed by atoms with van der Waals surface area (Å²) in [5, 5.41) is 11.0. The van der Waals surface area contributed by atoms with Crippen LogP contribution in [0.4, 0.5) is 11.4 Å². The van der Waals surface area contributed by atoms with Crippen molar-refractivity contribution in [2.24, 2.45) is 23.7 Å². The quantitative estimate of drug-likeness (QED) is 0.0937. The first-order valence-corrected chi connectivity index (χ1v) is 27.8. The second kappa shape index (κ2) is 24.5. The van der Waals surface area contributed by atoms with Gasteiger partial charge in [-0.1, -0.05) is 119 Å². The van der Waals surface area contributed by atoms with E-state index >= 15 is 0 Å². The van der Waals surface area contributed by atoms with Crippen LogP contribution in [0.25, 0.3) is 10.8 Å². The number of ketones is 1. The minimum atomic E-state index is -1.11. The molecule has 0 radical (unpaired) electrons. The molecule has 8 rings (SSSR count). The van der Waals surface area contributed by atoms with Crippen molar-refractivity contribution in [1.82, 2.24) is 20.9 Å². The number of methoxy groups -OCH3 is 1. The Labute approximate surface area is 444 Å². The molecule has 6 atom stereocenters. The summed E-state index contributed by atoms with van der Waals surface area (Å²) in [6.07, 6.45) is 11.8. The molecule has 2 aliphatic heterocycles. The van der Waals surface area contributed by atoms with E-state index in [1.165, 1.54) is 4.90 Å². The molecule has 4 aromatic carbocycles. The van der Waals surface area contributed by atoms with E-state index in [9.17, 15) is 33.6 Å². The molecule has 2 saturated carbocycles. The fraction of sp³-hybridized carbons (Fsp3) is 0.508. The molecule has 0 aromatic heterocycles. The first-order valence-electron chi connectivity index (χ1n) is 27.0. The fourth-order valence-electron chi connectivity index (χ4n) is 11.4. The Morgan fingerprint density at radius 3 is 2.07 bits per heavy atom. The lowest BCUT2D eigenvalue weighted by atomic mass is 9.82. The van der Waals surface area contributed by atoms with Gasteiger partial charge in [0.2, 0.25) is 17.7 Å². The summed E-state index contributed by atoms with van der Waals surface area (Å²) in [5.41, 5.74) is 2.23. The smallest absolute Gasteiger partial charge is 0.258 e. The van der Waals surface area contributed by atoms with Crippen molar-refractivity contribution in [3.63, 3.8) is 0 Å². The van der Waals surface area contributed by atoms with E-state index in [0.29, 0.717) is 36.4 Å². The van der Waals surface area contributed by atoms with Crippen LogP contribution in [0.1, 0.15) is 144 Å². The second-order valence-corrected chi connectivity index (χ2v) is 22.1. The topological polar surface area (TPSA) is 175 Å². The van der Waals surface area contributed by atoms with Crippen molar-refractivity contribution in [2.45, 2.75) is 148 Å². The fourth-order valence-corrected chi connectivity index (χ4v) is 11.8. The van der Waals surface area contributed by atoms with Crippen molar-refractivity contribution in [2.75, 3.05) is 30.0 Å². The monoisotopic (exact) mass is 1070 g/mol. The average Bonchev–Trinajstić information content (AvgIpc) is 3.81. The highest BCUT2D eigenvalue weighted by Gasteiger charge is 2.45. The molecule has 3 fully saturated rings.